The van der Waals surface area contributed by atoms with Crippen LogP contribution in [-0.4, -0.2) is 9.97 Å². The lowest BCUT2D eigenvalue weighted by molar-refractivity contribution is 0.420. The summed E-state index contributed by atoms with van der Waals surface area (Å²) in [5, 5.41) is 0. The molecule has 86 valence electrons. The van der Waals surface area contributed by atoms with E-state index < -0.39 is 0 Å². The molecule has 0 amide bonds. The number of hydrogen-bond donors (Lipinski definition) is 1. The van der Waals surface area contributed by atoms with E-state index in [0.29, 0.717) is 5.82 Å². The molecule has 0 bridgehead atoms. The van der Waals surface area contributed by atoms with Gasteiger partial charge in [0.05, 0.1) is 18.1 Å². The normalized spacial score (nSPS) is 15.5. The van der Waals surface area contributed by atoms with E-state index in [1.54, 1.807) is 12.4 Å². The molecule has 1 aliphatic carbocycles. The predicted octanol–water partition coefficient (Wildman–Crippen LogP) is 2.99. The van der Waals surface area contributed by atoms with Crippen molar-refractivity contribution in [1.29, 1.82) is 0 Å². The molecule has 17 heavy (non-hydrogen) atoms. The van der Waals surface area contributed by atoms with Gasteiger partial charge in [-0.3, -0.25) is 4.98 Å². The molecule has 3 heteroatoms. The number of nitrogens with zero attached hydrogens (tertiary/aromatic N) is 2. The molecule has 1 heterocycles. The summed E-state index contributed by atoms with van der Waals surface area (Å²) in [4.78, 5) is 8.38. The highest BCUT2D eigenvalue weighted by atomic mass is 14.9. The second kappa shape index (κ2) is 4.17. The van der Waals surface area contributed by atoms with Gasteiger partial charge in [0.25, 0.3) is 0 Å². The van der Waals surface area contributed by atoms with E-state index >= 15 is 0 Å². The van der Waals surface area contributed by atoms with Crippen LogP contribution in [-0.2, 0) is 0 Å². The number of hydrogen-bond acceptors (Lipinski definition) is 3. The van der Waals surface area contributed by atoms with Crippen LogP contribution in [0.4, 0.5) is 5.82 Å². The molecule has 0 unspecified atom stereocenters. The van der Waals surface area contributed by atoms with Gasteiger partial charge in [-0.2, -0.15) is 0 Å². The summed E-state index contributed by atoms with van der Waals surface area (Å²) in [5.74, 6) is 1.21. The Kier molecular flexibility index (Phi) is 2.52. The summed E-state index contributed by atoms with van der Waals surface area (Å²) in [6.07, 6.45) is 7.32. The molecule has 3 rings (SSSR count). The fourth-order valence-corrected chi connectivity index (χ4v) is 2.18. The summed E-state index contributed by atoms with van der Waals surface area (Å²) in [6.45, 7) is 0. The summed E-state index contributed by atoms with van der Waals surface area (Å²) < 4.78 is 0. The van der Waals surface area contributed by atoms with E-state index in [1.807, 2.05) is 0 Å². The van der Waals surface area contributed by atoms with E-state index in [2.05, 4.69) is 34.2 Å². The van der Waals surface area contributed by atoms with Crippen LogP contribution < -0.4 is 5.73 Å². The molecule has 1 aromatic carbocycles. The van der Waals surface area contributed by atoms with Gasteiger partial charge in [-0.25, -0.2) is 4.98 Å². The van der Waals surface area contributed by atoms with Crippen molar-refractivity contribution in [2.75, 3.05) is 5.73 Å². The minimum atomic E-state index is 0.462. The molecule has 2 N–H and O–H groups in total. The minimum absolute atomic E-state index is 0.462. The number of nitrogen functional groups attached to an aromatic ring is 1. The average molecular weight is 225 g/mol. The second-order valence-corrected chi connectivity index (χ2v) is 4.58. The maximum Gasteiger partial charge on any atom is 0.141 e. The first kappa shape index (κ1) is 10.3. The summed E-state index contributed by atoms with van der Waals surface area (Å²) in [6, 6.07) is 8.60. The highest BCUT2D eigenvalue weighted by Crippen LogP contribution is 2.37. The van der Waals surface area contributed by atoms with E-state index in [9.17, 15) is 0 Å². The standard InChI is InChI=1S/C14H15N3/c15-14-9-16-13(8-17-14)12-6-2-5-11(7-12)10-3-1-4-10/h2,5-10H,1,3-4H2,(H2,15,17). The van der Waals surface area contributed by atoms with Gasteiger partial charge in [-0.1, -0.05) is 24.6 Å². The zero-order chi connectivity index (χ0) is 11.7. The fourth-order valence-electron chi connectivity index (χ4n) is 2.18. The lowest BCUT2D eigenvalue weighted by Crippen LogP contribution is -2.08. The van der Waals surface area contributed by atoms with Gasteiger partial charge >= 0.3 is 0 Å². The van der Waals surface area contributed by atoms with Crippen LogP contribution in [0.25, 0.3) is 11.3 Å². The van der Waals surface area contributed by atoms with Gasteiger partial charge in [-0.05, 0) is 30.4 Å². The van der Waals surface area contributed by atoms with Crippen LogP contribution in [0.5, 0.6) is 0 Å². The van der Waals surface area contributed by atoms with Crippen LogP contribution in [0.3, 0.4) is 0 Å². The van der Waals surface area contributed by atoms with E-state index in [4.69, 9.17) is 5.73 Å². The van der Waals surface area contributed by atoms with Crippen LogP contribution in [0.1, 0.15) is 30.7 Å². The van der Waals surface area contributed by atoms with Gasteiger partial charge in [0.1, 0.15) is 5.82 Å². The Morgan fingerprint density at radius 2 is 2.00 bits per heavy atom. The molecule has 2 aromatic rings. The Balaban J connectivity index is 1.94. The molecule has 1 aromatic heterocycles. The SMILES string of the molecule is Nc1cnc(-c2cccc(C3CCC3)c2)cn1. The van der Waals surface area contributed by atoms with Crippen molar-refractivity contribution in [3.05, 3.63) is 42.2 Å². The van der Waals surface area contributed by atoms with Crippen LogP contribution in [0, 0.1) is 0 Å². The van der Waals surface area contributed by atoms with E-state index in [-0.39, 0.29) is 0 Å². The van der Waals surface area contributed by atoms with Crippen molar-refractivity contribution < 1.29 is 0 Å². The Bertz CT molecular complexity index is 515. The fraction of sp³-hybridized carbons (Fsp3) is 0.286. The van der Waals surface area contributed by atoms with Crippen molar-refractivity contribution in [2.45, 2.75) is 25.2 Å². The van der Waals surface area contributed by atoms with Crippen molar-refractivity contribution in [1.82, 2.24) is 9.97 Å². The number of nitrogens with two attached hydrogens (primary N) is 1. The molecule has 3 nitrogen and oxygen atoms in total. The quantitative estimate of drug-likeness (QED) is 0.854. The molecule has 1 fully saturated rings. The summed E-state index contributed by atoms with van der Waals surface area (Å²) in [7, 11) is 0. The Morgan fingerprint density at radius 1 is 1.12 bits per heavy atom. The number of rotatable bonds is 2. The number of anilines is 1. The van der Waals surface area contributed by atoms with Crippen molar-refractivity contribution >= 4 is 5.82 Å². The number of benzene rings is 1. The molecule has 0 aliphatic heterocycles. The zero-order valence-electron chi connectivity index (χ0n) is 9.63. The Hall–Kier alpha value is -1.90. The van der Waals surface area contributed by atoms with Crippen molar-refractivity contribution in [3.63, 3.8) is 0 Å². The maximum atomic E-state index is 5.54. The topological polar surface area (TPSA) is 51.8 Å². The third-order valence-corrected chi connectivity index (χ3v) is 3.43. The van der Waals surface area contributed by atoms with Crippen LogP contribution in [0.2, 0.25) is 0 Å². The lowest BCUT2D eigenvalue weighted by atomic mass is 9.79. The smallest absolute Gasteiger partial charge is 0.141 e. The largest absolute Gasteiger partial charge is 0.382 e. The Morgan fingerprint density at radius 3 is 2.65 bits per heavy atom. The zero-order valence-corrected chi connectivity index (χ0v) is 9.63. The molecule has 0 spiro atoms. The highest BCUT2D eigenvalue weighted by Gasteiger charge is 2.19. The van der Waals surface area contributed by atoms with Gasteiger partial charge < -0.3 is 5.73 Å². The number of aromatic nitrogens is 2. The van der Waals surface area contributed by atoms with Crippen LogP contribution in [0.15, 0.2) is 36.7 Å². The van der Waals surface area contributed by atoms with Gasteiger partial charge in [-0.15, -0.1) is 0 Å². The third kappa shape index (κ3) is 2.00. The monoisotopic (exact) mass is 225 g/mol. The summed E-state index contributed by atoms with van der Waals surface area (Å²) >= 11 is 0. The van der Waals surface area contributed by atoms with E-state index in [0.717, 1.165) is 17.2 Å². The first-order valence-electron chi connectivity index (χ1n) is 6.01. The van der Waals surface area contributed by atoms with Gasteiger partial charge in [0.2, 0.25) is 0 Å². The lowest BCUT2D eigenvalue weighted by Gasteiger charge is -2.26. The molecular weight excluding hydrogens is 210 g/mol. The van der Waals surface area contributed by atoms with Gasteiger partial charge in [0.15, 0.2) is 0 Å². The van der Waals surface area contributed by atoms with Gasteiger partial charge in [0, 0.05) is 5.56 Å². The maximum absolute atomic E-state index is 5.54. The van der Waals surface area contributed by atoms with Crippen LogP contribution >= 0.6 is 0 Å². The first-order valence-corrected chi connectivity index (χ1v) is 6.01. The molecule has 0 radical (unpaired) electrons. The summed E-state index contributed by atoms with van der Waals surface area (Å²) in [5.41, 5.74) is 8.98. The molecule has 0 saturated heterocycles. The van der Waals surface area contributed by atoms with E-state index in [1.165, 1.54) is 24.8 Å². The second-order valence-electron chi connectivity index (χ2n) is 4.58. The molecule has 0 atom stereocenters. The molecular formula is C14H15N3. The molecule has 1 aliphatic rings. The van der Waals surface area contributed by atoms with Crippen molar-refractivity contribution in [2.24, 2.45) is 0 Å². The highest BCUT2D eigenvalue weighted by molar-refractivity contribution is 5.60. The molecule has 1 saturated carbocycles. The average Bonchev–Trinajstić information content (AvgIpc) is 2.28. The minimum Gasteiger partial charge on any atom is -0.382 e. The predicted molar refractivity (Wildman–Crippen MR) is 68.5 cm³/mol. The third-order valence-electron chi connectivity index (χ3n) is 3.43. The Labute approximate surface area is 101 Å². The van der Waals surface area contributed by atoms with Crippen molar-refractivity contribution in [3.8, 4) is 11.3 Å². The first-order chi connectivity index (χ1) is 8.33.